The molecule has 1 heterocycles. The first kappa shape index (κ1) is 12.1. The molecule has 0 amide bonds. The van der Waals surface area contributed by atoms with Crippen molar-refractivity contribution in [3.05, 3.63) is 59.2 Å². The zero-order valence-corrected chi connectivity index (χ0v) is 11.1. The zero-order chi connectivity index (χ0) is 13.2. The summed E-state index contributed by atoms with van der Waals surface area (Å²) in [7, 11) is 3.33. The molecule has 0 N–H and O–H groups in total. The van der Waals surface area contributed by atoms with Crippen molar-refractivity contribution in [2.75, 3.05) is 14.2 Å². The van der Waals surface area contributed by atoms with E-state index in [4.69, 9.17) is 14.2 Å². The molecule has 0 spiro atoms. The number of rotatable bonds is 3. The monoisotopic (exact) mass is 256 g/mol. The first-order chi connectivity index (χ1) is 9.35. The topological polar surface area (TPSA) is 27.7 Å². The molecule has 98 valence electrons. The molecule has 19 heavy (non-hydrogen) atoms. The molecule has 1 unspecified atom stereocenters. The average Bonchev–Trinajstić information content (AvgIpc) is 2.90. The molecule has 0 aromatic heterocycles. The minimum Gasteiger partial charge on any atom is -0.496 e. The third kappa shape index (κ3) is 1.96. The molecule has 3 heteroatoms. The summed E-state index contributed by atoms with van der Waals surface area (Å²) in [4.78, 5) is 0. The van der Waals surface area contributed by atoms with Crippen LogP contribution >= 0.6 is 0 Å². The molecule has 1 aliphatic heterocycles. The summed E-state index contributed by atoms with van der Waals surface area (Å²) in [6.45, 7) is 0.627. The van der Waals surface area contributed by atoms with Crippen LogP contribution in [0.3, 0.4) is 0 Å². The van der Waals surface area contributed by atoms with E-state index in [-0.39, 0.29) is 6.10 Å². The number of methoxy groups -OCH3 is 2. The number of benzene rings is 2. The highest BCUT2D eigenvalue weighted by Crippen LogP contribution is 2.43. The Morgan fingerprint density at radius 1 is 0.947 bits per heavy atom. The lowest BCUT2D eigenvalue weighted by Crippen LogP contribution is -2.04. The Bertz CT molecular complexity index is 570. The predicted molar refractivity (Wildman–Crippen MR) is 72.6 cm³/mol. The number of fused-ring (bicyclic) bond motifs is 1. The first-order valence-electron chi connectivity index (χ1n) is 6.25. The lowest BCUT2D eigenvalue weighted by Gasteiger charge is -2.18. The predicted octanol–water partition coefficient (Wildman–Crippen LogP) is 3.32. The van der Waals surface area contributed by atoms with Crippen LogP contribution in [0.15, 0.2) is 42.5 Å². The Morgan fingerprint density at radius 3 is 2.32 bits per heavy atom. The van der Waals surface area contributed by atoms with Crippen LogP contribution in [-0.2, 0) is 11.3 Å². The second-order valence-corrected chi connectivity index (χ2v) is 4.47. The van der Waals surface area contributed by atoms with Crippen molar-refractivity contribution in [2.24, 2.45) is 0 Å². The van der Waals surface area contributed by atoms with Crippen molar-refractivity contribution in [1.82, 2.24) is 0 Å². The van der Waals surface area contributed by atoms with E-state index in [2.05, 4.69) is 12.1 Å². The van der Waals surface area contributed by atoms with Crippen molar-refractivity contribution in [3.8, 4) is 11.5 Å². The molecule has 0 bridgehead atoms. The van der Waals surface area contributed by atoms with E-state index in [1.54, 1.807) is 14.2 Å². The van der Waals surface area contributed by atoms with Crippen LogP contribution in [0.25, 0.3) is 0 Å². The minimum absolute atomic E-state index is 0.123. The van der Waals surface area contributed by atoms with Gasteiger partial charge in [0.2, 0.25) is 0 Å². The molecule has 0 aliphatic carbocycles. The molecule has 3 rings (SSSR count). The molecule has 0 fully saturated rings. The van der Waals surface area contributed by atoms with Gasteiger partial charge in [-0.1, -0.05) is 30.3 Å². The number of ether oxygens (including phenoxy) is 3. The molecule has 2 aromatic rings. The van der Waals surface area contributed by atoms with Gasteiger partial charge in [-0.2, -0.15) is 0 Å². The van der Waals surface area contributed by atoms with Crippen molar-refractivity contribution >= 4 is 0 Å². The lowest BCUT2D eigenvalue weighted by molar-refractivity contribution is 0.0900. The molecule has 0 radical (unpaired) electrons. The third-order valence-corrected chi connectivity index (χ3v) is 3.47. The Kier molecular flexibility index (Phi) is 3.13. The van der Waals surface area contributed by atoms with Crippen molar-refractivity contribution in [3.63, 3.8) is 0 Å². The van der Waals surface area contributed by atoms with E-state index < -0.39 is 0 Å². The average molecular weight is 256 g/mol. The fourth-order valence-corrected chi connectivity index (χ4v) is 2.56. The first-order valence-corrected chi connectivity index (χ1v) is 6.25. The van der Waals surface area contributed by atoms with Crippen LogP contribution in [0, 0.1) is 0 Å². The SMILES string of the molecule is COc1cccc(OC)c1C1OCc2ccccc21. The van der Waals surface area contributed by atoms with E-state index in [1.807, 2.05) is 30.3 Å². The maximum atomic E-state index is 5.93. The highest BCUT2D eigenvalue weighted by molar-refractivity contribution is 5.51. The second kappa shape index (κ2) is 4.94. The van der Waals surface area contributed by atoms with Gasteiger partial charge in [-0.15, -0.1) is 0 Å². The largest absolute Gasteiger partial charge is 0.496 e. The van der Waals surface area contributed by atoms with E-state index in [0.717, 1.165) is 17.1 Å². The highest BCUT2D eigenvalue weighted by Gasteiger charge is 2.29. The molecular weight excluding hydrogens is 240 g/mol. The third-order valence-electron chi connectivity index (χ3n) is 3.47. The van der Waals surface area contributed by atoms with Gasteiger partial charge in [0.1, 0.15) is 17.6 Å². The molecular formula is C16H16O3. The Hall–Kier alpha value is -2.00. The van der Waals surface area contributed by atoms with Crippen LogP contribution < -0.4 is 9.47 Å². The maximum absolute atomic E-state index is 5.93. The summed E-state index contributed by atoms with van der Waals surface area (Å²) in [6.07, 6.45) is -0.123. The summed E-state index contributed by atoms with van der Waals surface area (Å²) in [5.74, 6) is 1.59. The molecule has 1 aliphatic rings. The van der Waals surface area contributed by atoms with Gasteiger partial charge in [0.25, 0.3) is 0 Å². The van der Waals surface area contributed by atoms with Gasteiger partial charge in [0.05, 0.1) is 26.4 Å². The Morgan fingerprint density at radius 2 is 1.63 bits per heavy atom. The minimum atomic E-state index is -0.123. The van der Waals surface area contributed by atoms with Crippen molar-refractivity contribution in [2.45, 2.75) is 12.7 Å². The molecule has 3 nitrogen and oxygen atoms in total. The van der Waals surface area contributed by atoms with E-state index in [0.29, 0.717) is 6.61 Å². The van der Waals surface area contributed by atoms with Crippen molar-refractivity contribution < 1.29 is 14.2 Å². The smallest absolute Gasteiger partial charge is 0.128 e. The van der Waals surface area contributed by atoms with Gasteiger partial charge < -0.3 is 14.2 Å². The van der Waals surface area contributed by atoms with E-state index in [1.165, 1.54) is 11.1 Å². The van der Waals surface area contributed by atoms with Crippen LogP contribution in [0.2, 0.25) is 0 Å². The normalized spacial score (nSPS) is 17.1. The molecule has 2 aromatic carbocycles. The van der Waals surface area contributed by atoms with Gasteiger partial charge >= 0.3 is 0 Å². The van der Waals surface area contributed by atoms with Gasteiger partial charge in [-0.05, 0) is 23.3 Å². The van der Waals surface area contributed by atoms with Gasteiger partial charge in [-0.25, -0.2) is 0 Å². The summed E-state index contributed by atoms with van der Waals surface area (Å²) in [6, 6.07) is 14.0. The molecule has 1 atom stereocenters. The van der Waals surface area contributed by atoms with Crippen LogP contribution in [0.5, 0.6) is 11.5 Å². The summed E-state index contributed by atoms with van der Waals surface area (Å²) < 4.78 is 16.8. The summed E-state index contributed by atoms with van der Waals surface area (Å²) in [5.41, 5.74) is 3.36. The van der Waals surface area contributed by atoms with Crippen LogP contribution in [-0.4, -0.2) is 14.2 Å². The van der Waals surface area contributed by atoms with Gasteiger partial charge in [0.15, 0.2) is 0 Å². The Balaban J connectivity index is 2.13. The van der Waals surface area contributed by atoms with E-state index in [9.17, 15) is 0 Å². The van der Waals surface area contributed by atoms with Gasteiger partial charge in [-0.3, -0.25) is 0 Å². The fraction of sp³-hybridized carbons (Fsp3) is 0.250. The second-order valence-electron chi connectivity index (χ2n) is 4.47. The van der Waals surface area contributed by atoms with Crippen LogP contribution in [0.4, 0.5) is 0 Å². The highest BCUT2D eigenvalue weighted by atomic mass is 16.5. The standard InChI is InChI=1S/C16H16O3/c1-17-13-8-5-9-14(18-2)15(13)16-12-7-4-3-6-11(12)10-19-16/h3-9,16H,10H2,1-2H3. The number of hydrogen-bond donors (Lipinski definition) is 0. The van der Waals surface area contributed by atoms with Crippen LogP contribution in [0.1, 0.15) is 22.8 Å². The van der Waals surface area contributed by atoms with Crippen molar-refractivity contribution in [1.29, 1.82) is 0 Å². The van der Waals surface area contributed by atoms with E-state index >= 15 is 0 Å². The van der Waals surface area contributed by atoms with Gasteiger partial charge in [0, 0.05) is 0 Å². The summed E-state index contributed by atoms with van der Waals surface area (Å²) >= 11 is 0. The number of hydrogen-bond acceptors (Lipinski definition) is 3. The summed E-state index contributed by atoms with van der Waals surface area (Å²) in [5, 5.41) is 0. The molecule has 0 saturated carbocycles. The molecule has 0 saturated heterocycles. The zero-order valence-electron chi connectivity index (χ0n) is 11.1. The fourth-order valence-electron chi connectivity index (χ4n) is 2.56. The quantitative estimate of drug-likeness (QED) is 0.843. The Labute approximate surface area is 112 Å². The lowest BCUT2D eigenvalue weighted by atomic mass is 9.98. The maximum Gasteiger partial charge on any atom is 0.128 e.